The van der Waals surface area contributed by atoms with Crippen molar-refractivity contribution in [3.05, 3.63) is 58.8 Å². The van der Waals surface area contributed by atoms with Crippen molar-refractivity contribution < 1.29 is 8.81 Å². The van der Waals surface area contributed by atoms with Crippen molar-refractivity contribution in [2.75, 3.05) is 26.2 Å². The number of hydrogen-bond donors (Lipinski definition) is 1. The van der Waals surface area contributed by atoms with Crippen molar-refractivity contribution in [1.29, 1.82) is 0 Å². The lowest BCUT2D eigenvalue weighted by atomic mass is 10.0. The van der Waals surface area contributed by atoms with Crippen molar-refractivity contribution in [3.63, 3.8) is 0 Å². The van der Waals surface area contributed by atoms with Crippen molar-refractivity contribution >= 4 is 11.6 Å². The first-order valence-electron chi connectivity index (χ1n) is 6.69. The van der Waals surface area contributed by atoms with Gasteiger partial charge in [-0.2, -0.15) is 0 Å². The number of furan rings is 1. The van der Waals surface area contributed by atoms with Gasteiger partial charge in [0.25, 0.3) is 0 Å². The molecule has 0 amide bonds. The van der Waals surface area contributed by atoms with E-state index in [1.165, 1.54) is 6.07 Å². The highest BCUT2D eigenvalue weighted by molar-refractivity contribution is 6.31. The van der Waals surface area contributed by atoms with Gasteiger partial charge in [-0.25, -0.2) is 4.39 Å². The number of rotatable bonds is 3. The highest BCUT2D eigenvalue weighted by atomic mass is 35.5. The molecule has 1 aromatic heterocycles. The molecule has 1 aliphatic heterocycles. The summed E-state index contributed by atoms with van der Waals surface area (Å²) in [6.45, 7) is 3.56. The summed E-state index contributed by atoms with van der Waals surface area (Å²) in [7, 11) is 0. The van der Waals surface area contributed by atoms with Gasteiger partial charge in [0.1, 0.15) is 11.6 Å². The van der Waals surface area contributed by atoms with E-state index in [-0.39, 0.29) is 11.1 Å². The fourth-order valence-electron chi connectivity index (χ4n) is 2.65. The van der Waals surface area contributed by atoms with Gasteiger partial charge in [0.05, 0.1) is 17.3 Å². The Morgan fingerprint density at radius 1 is 1.20 bits per heavy atom. The van der Waals surface area contributed by atoms with Crippen LogP contribution in [0.5, 0.6) is 0 Å². The monoisotopic (exact) mass is 294 g/mol. The maximum atomic E-state index is 13.8. The molecule has 20 heavy (non-hydrogen) atoms. The van der Waals surface area contributed by atoms with Gasteiger partial charge in [-0.3, -0.25) is 4.90 Å². The van der Waals surface area contributed by atoms with Gasteiger partial charge in [-0.15, -0.1) is 0 Å². The first-order valence-corrected chi connectivity index (χ1v) is 7.07. The van der Waals surface area contributed by atoms with E-state index in [0.717, 1.165) is 37.5 Å². The Kier molecular flexibility index (Phi) is 4.05. The average Bonchev–Trinajstić information content (AvgIpc) is 2.99. The average molecular weight is 295 g/mol. The van der Waals surface area contributed by atoms with E-state index in [1.807, 2.05) is 18.2 Å². The zero-order chi connectivity index (χ0) is 13.9. The molecule has 1 aromatic carbocycles. The first kappa shape index (κ1) is 13.6. The quantitative estimate of drug-likeness (QED) is 0.943. The molecule has 2 heterocycles. The summed E-state index contributed by atoms with van der Waals surface area (Å²) < 4.78 is 19.3. The topological polar surface area (TPSA) is 28.4 Å². The lowest BCUT2D eigenvalue weighted by Crippen LogP contribution is -2.45. The first-order chi connectivity index (χ1) is 9.77. The molecule has 0 unspecified atom stereocenters. The number of nitrogens with zero attached hydrogens (tertiary/aromatic N) is 1. The van der Waals surface area contributed by atoms with Crippen LogP contribution in [0.1, 0.15) is 17.4 Å². The van der Waals surface area contributed by atoms with Crippen LogP contribution in [0.4, 0.5) is 4.39 Å². The summed E-state index contributed by atoms with van der Waals surface area (Å²) in [5, 5.41) is 3.49. The molecule has 5 heteroatoms. The molecule has 0 saturated carbocycles. The molecular formula is C15H16ClFN2O. The summed E-state index contributed by atoms with van der Waals surface area (Å²) in [4.78, 5) is 2.26. The Labute approximate surface area is 122 Å². The summed E-state index contributed by atoms with van der Waals surface area (Å²) >= 11 is 6.17. The maximum absolute atomic E-state index is 13.8. The van der Waals surface area contributed by atoms with E-state index in [2.05, 4.69) is 10.2 Å². The van der Waals surface area contributed by atoms with Crippen LogP contribution in [-0.2, 0) is 0 Å². The van der Waals surface area contributed by atoms with Gasteiger partial charge in [0.2, 0.25) is 0 Å². The van der Waals surface area contributed by atoms with Gasteiger partial charge in [0.15, 0.2) is 0 Å². The third-order valence-corrected chi connectivity index (χ3v) is 4.00. The predicted molar refractivity (Wildman–Crippen MR) is 76.4 cm³/mol. The SMILES string of the molecule is Fc1cccc([C@H](c2ccco2)N2CCNCC2)c1Cl. The second-order valence-electron chi connectivity index (χ2n) is 4.85. The molecule has 0 aliphatic carbocycles. The molecule has 3 rings (SSSR count). The van der Waals surface area contributed by atoms with Gasteiger partial charge in [-0.1, -0.05) is 23.7 Å². The van der Waals surface area contributed by atoms with Crippen LogP contribution in [0.15, 0.2) is 41.0 Å². The molecule has 1 fully saturated rings. The fraction of sp³-hybridized carbons (Fsp3) is 0.333. The number of piperazine rings is 1. The number of halogens is 2. The molecule has 1 atom stereocenters. The Morgan fingerprint density at radius 2 is 2.00 bits per heavy atom. The number of nitrogens with one attached hydrogen (secondary N) is 1. The van der Waals surface area contributed by atoms with Crippen LogP contribution in [0.25, 0.3) is 0 Å². The largest absolute Gasteiger partial charge is 0.467 e. The number of hydrogen-bond acceptors (Lipinski definition) is 3. The van der Waals surface area contributed by atoms with Crippen LogP contribution in [0.2, 0.25) is 5.02 Å². The van der Waals surface area contributed by atoms with Crippen LogP contribution in [-0.4, -0.2) is 31.1 Å². The predicted octanol–water partition coefficient (Wildman–Crippen LogP) is 3.07. The molecule has 0 spiro atoms. The minimum absolute atomic E-state index is 0.143. The van der Waals surface area contributed by atoms with Gasteiger partial charge in [-0.05, 0) is 23.8 Å². The molecule has 1 aliphatic rings. The summed E-state index contributed by atoms with van der Waals surface area (Å²) in [6.07, 6.45) is 1.64. The zero-order valence-corrected chi connectivity index (χ0v) is 11.7. The summed E-state index contributed by atoms with van der Waals surface area (Å²) in [5.41, 5.74) is 0.753. The third-order valence-electron chi connectivity index (χ3n) is 3.61. The minimum Gasteiger partial charge on any atom is -0.467 e. The van der Waals surface area contributed by atoms with E-state index in [1.54, 1.807) is 12.3 Å². The molecule has 0 bridgehead atoms. The van der Waals surface area contributed by atoms with Crippen molar-refractivity contribution in [3.8, 4) is 0 Å². The van der Waals surface area contributed by atoms with E-state index in [0.29, 0.717) is 0 Å². The second-order valence-corrected chi connectivity index (χ2v) is 5.22. The van der Waals surface area contributed by atoms with E-state index in [4.69, 9.17) is 16.0 Å². The molecule has 1 N–H and O–H groups in total. The lowest BCUT2D eigenvalue weighted by molar-refractivity contribution is 0.180. The highest BCUT2D eigenvalue weighted by Crippen LogP contribution is 2.34. The van der Waals surface area contributed by atoms with E-state index in [9.17, 15) is 4.39 Å². The fourth-order valence-corrected chi connectivity index (χ4v) is 2.88. The van der Waals surface area contributed by atoms with Crippen LogP contribution in [0.3, 0.4) is 0 Å². The Hall–Kier alpha value is -1.36. The Morgan fingerprint density at radius 3 is 2.70 bits per heavy atom. The van der Waals surface area contributed by atoms with E-state index < -0.39 is 5.82 Å². The van der Waals surface area contributed by atoms with Crippen molar-refractivity contribution in [1.82, 2.24) is 10.2 Å². The molecule has 3 nitrogen and oxygen atoms in total. The smallest absolute Gasteiger partial charge is 0.142 e. The highest BCUT2D eigenvalue weighted by Gasteiger charge is 2.28. The Balaban J connectivity index is 2.03. The Bertz CT molecular complexity index is 567. The third kappa shape index (κ3) is 2.59. The summed E-state index contributed by atoms with van der Waals surface area (Å²) in [6, 6.07) is 8.54. The van der Waals surface area contributed by atoms with E-state index >= 15 is 0 Å². The minimum atomic E-state index is -0.393. The lowest BCUT2D eigenvalue weighted by Gasteiger charge is -2.34. The molecule has 0 radical (unpaired) electrons. The van der Waals surface area contributed by atoms with Gasteiger partial charge >= 0.3 is 0 Å². The van der Waals surface area contributed by atoms with Gasteiger partial charge < -0.3 is 9.73 Å². The maximum Gasteiger partial charge on any atom is 0.142 e. The second kappa shape index (κ2) is 5.95. The molecule has 2 aromatic rings. The van der Waals surface area contributed by atoms with Gasteiger partial charge in [0, 0.05) is 26.2 Å². The van der Waals surface area contributed by atoms with Crippen LogP contribution in [0, 0.1) is 5.82 Å². The normalized spacial score (nSPS) is 18.1. The van der Waals surface area contributed by atoms with Crippen LogP contribution >= 0.6 is 11.6 Å². The molecular weight excluding hydrogens is 279 g/mol. The van der Waals surface area contributed by atoms with Crippen molar-refractivity contribution in [2.45, 2.75) is 6.04 Å². The van der Waals surface area contributed by atoms with Crippen molar-refractivity contribution in [2.24, 2.45) is 0 Å². The number of benzene rings is 1. The van der Waals surface area contributed by atoms with Crippen LogP contribution < -0.4 is 5.32 Å². The molecule has 106 valence electrons. The standard InChI is InChI=1S/C15H16ClFN2O/c16-14-11(3-1-4-12(14)17)15(13-5-2-10-20-13)19-8-6-18-7-9-19/h1-5,10,15,18H,6-9H2/t15-/m1/s1. The molecule has 1 saturated heterocycles. The zero-order valence-electron chi connectivity index (χ0n) is 11.0. The summed E-state index contributed by atoms with van der Waals surface area (Å²) in [5.74, 6) is 0.398.